The maximum atomic E-state index is 10.2. The van der Waals surface area contributed by atoms with Gasteiger partial charge in [0.05, 0.1) is 5.38 Å². The summed E-state index contributed by atoms with van der Waals surface area (Å²) in [7, 11) is 0. The van der Waals surface area contributed by atoms with Crippen molar-refractivity contribution in [3.63, 3.8) is 0 Å². The molecule has 1 saturated carbocycles. The van der Waals surface area contributed by atoms with Gasteiger partial charge in [0, 0.05) is 5.38 Å². The van der Waals surface area contributed by atoms with Gasteiger partial charge in [0.15, 0.2) is 0 Å². The third-order valence-corrected chi connectivity index (χ3v) is 2.99. The molecule has 0 N–H and O–H groups in total. The van der Waals surface area contributed by atoms with E-state index in [1.165, 1.54) is 0 Å². The van der Waals surface area contributed by atoms with Crippen LogP contribution in [0, 0.1) is 5.92 Å². The number of alkyl halides is 2. The summed E-state index contributed by atoms with van der Waals surface area (Å²) in [5, 5.41) is -0.252. The lowest BCUT2D eigenvalue weighted by atomic mass is 10.0. The minimum Gasteiger partial charge on any atom is -0.302 e. The minimum absolute atomic E-state index is 0.118. The Hall–Kier alpha value is 0.250. The molecule has 0 saturated heterocycles. The zero-order valence-electron chi connectivity index (χ0n) is 5.59. The Balaban J connectivity index is 2.46. The van der Waals surface area contributed by atoms with E-state index < -0.39 is 0 Å². The molecular formula is C7H10Cl2O. The van der Waals surface area contributed by atoms with Crippen molar-refractivity contribution in [3.05, 3.63) is 0 Å². The van der Waals surface area contributed by atoms with Crippen molar-refractivity contribution in [2.75, 3.05) is 0 Å². The standard InChI is InChI=1S/C7H10Cl2O/c8-6-3-1-2-5(6)7(9)4-10/h4-7H,1-3H2/t5-,6-,7-/m0/s1. The summed E-state index contributed by atoms with van der Waals surface area (Å²) in [6, 6.07) is 0. The molecule has 1 rings (SSSR count). The van der Waals surface area contributed by atoms with E-state index in [1.54, 1.807) is 0 Å². The van der Waals surface area contributed by atoms with Crippen molar-refractivity contribution in [3.8, 4) is 0 Å². The normalized spacial score (nSPS) is 35.8. The van der Waals surface area contributed by atoms with Crippen LogP contribution >= 0.6 is 23.2 Å². The van der Waals surface area contributed by atoms with Gasteiger partial charge in [-0.25, -0.2) is 0 Å². The Morgan fingerprint density at radius 3 is 2.60 bits per heavy atom. The highest BCUT2D eigenvalue weighted by atomic mass is 35.5. The van der Waals surface area contributed by atoms with Crippen LogP contribution in [-0.4, -0.2) is 17.0 Å². The highest BCUT2D eigenvalue weighted by Gasteiger charge is 2.30. The van der Waals surface area contributed by atoms with Gasteiger partial charge in [0.1, 0.15) is 6.29 Å². The first-order chi connectivity index (χ1) is 4.75. The number of hydrogen-bond donors (Lipinski definition) is 0. The van der Waals surface area contributed by atoms with Gasteiger partial charge in [0.25, 0.3) is 0 Å². The van der Waals surface area contributed by atoms with Gasteiger partial charge in [-0.15, -0.1) is 23.2 Å². The maximum absolute atomic E-state index is 10.2. The molecular weight excluding hydrogens is 171 g/mol. The van der Waals surface area contributed by atoms with E-state index in [0.29, 0.717) is 0 Å². The Kier molecular flexibility index (Phi) is 2.99. The second kappa shape index (κ2) is 3.59. The van der Waals surface area contributed by atoms with Crippen LogP contribution in [0.4, 0.5) is 0 Å². The molecule has 0 aliphatic heterocycles. The van der Waals surface area contributed by atoms with E-state index in [4.69, 9.17) is 23.2 Å². The molecule has 0 bridgehead atoms. The predicted octanol–water partition coefficient (Wildman–Crippen LogP) is 2.20. The molecule has 1 aliphatic rings. The van der Waals surface area contributed by atoms with Crippen LogP contribution in [0.5, 0.6) is 0 Å². The van der Waals surface area contributed by atoms with Crippen LogP contribution in [0.15, 0.2) is 0 Å². The number of aldehydes is 1. The van der Waals surface area contributed by atoms with E-state index >= 15 is 0 Å². The third-order valence-electron chi connectivity index (χ3n) is 2.02. The van der Waals surface area contributed by atoms with Crippen molar-refractivity contribution >= 4 is 29.5 Å². The van der Waals surface area contributed by atoms with Crippen LogP contribution in [0.2, 0.25) is 0 Å². The van der Waals surface area contributed by atoms with Gasteiger partial charge in [-0.3, -0.25) is 0 Å². The Morgan fingerprint density at radius 2 is 2.20 bits per heavy atom. The van der Waals surface area contributed by atoms with E-state index in [9.17, 15) is 4.79 Å². The second-order valence-electron chi connectivity index (χ2n) is 2.69. The third kappa shape index (κ3) is 1.64. The smallest absolute Gasteiger partial charge is 0.138 e. The minimum atomic E-state index is -0.370. The van der Waals surface area contributed by atoms with Crippen molar-refractivity contribution in [1.29, 1.82) is 0 Å². The lowest BCUT2D eigenvalue weighted by molar-refractivity contribution is -0.108. The Morgan fingerprint density at radius 1 is 1.50 bits per heavy atom. The fraction of sp³-hybridized carbons (Fsp3) is 0.857. The van der Waals surface area contributed by atoms with Crippen molar-refractivity contribution in [2.24, 2.45) is 5.92 Å². The summed E-state index contributed by atoms with van der Waals surface area (Å²) < 4.78 is 0. The molecule has 0 amide bonds. The summed E-state index contributed by atoms with van der Waals surface area (Å²) in [5.74, 6) is 0.209. The lowest BCUT2D eigenvalue weighted by Crippen LogP contribution is -2.20. The summed E-state index contributed by atoms with van der Waals surface area (Å²) in [6.45, 7) is 0. The predicted molar refractivity (Wildman–Crippen MR) is 42.7 cm³/mol. The molecule has 1 fully saturated rings. The monoisotopic (exact) mass is 180 g/mol. The second-order valence-corrected chi connectivity index (χ2v) is 3.76. The highest BCUT2D eigenvalue weighted by molar-refractivity contribution is 6.29. The molecule has 58 valence electrons. The van der Waals surface area contributed by atoms with E-state index in [1.807, 2.05) is 0 Å². The molecule has 0 unspecified atom stereocenters. The highest BCUT2D eigenvalue weighted by Crippen LogP contribution is 2.33. The van der Waals surface area contributed by atoms with Crippen LogP contribution in [-0.2, 0) is 4.79 Å². The number of hydrogen-bond acceptors (Lipinski definition) is 1. The molecule has 0 radical (unpaired) electrons. The van der Waals surface area contributed by atoms with Gasteiger partial charge in [-0.2, -0.15) is 0 Å². The molecule has 0 aromatic heterocycles. The molecule has 1 nitrogen and oxygen atoms in total. The number of carbonyl (C=O) groups excluding carboxylic acids is 1. The van der Waals surface area contributed by atoms with Crippen LogP contribution in [0.25, 0.3) is 0 Å². The van der Waals surface area contributed by atoms with E-state index in [2.05, 4.69) is 0 Å². The van der Waals surface area contributed by atoms with Gasteiger partial charge in [-0.1, -0.05) is 6.42 Å². The van der Waals surface area contributed by atoms with Crippen LogP contribution in [0.1, 0.15) is 19.3 Å². The number of carbonyl (C=O) groups is 1. The van der Waals surface area contributed by atoms with Crippen molar-refractivity contribution in [2.45, 2.75) is 30.0 Å². The fourth-order valence-electron chi connectivity index (χ4n) is 1.40. The van der Waals surface area contributed by atoms with Crippen LogP contribution in [0.3, 0.4) is 0 Å². The summed E-state index contributed by atoms with van der Waals surface area (Å²) in [6.07, 6.45) is 3.90. The number of halogens is 2. The number of rotatable bonds is 2. The van der Waals surface area contributed by atoms with Crippen molar-refractivity contribution < 1.29 is 4.79 Å². The van der Waals surface area contributed by atoms with E-state index in [0.717, 1.165) is 25.5 Å². The molecule has 0 aromatic rings. The van der Waals surface area contributed by atoms with Gasteiger partial charge < -0.3 is 4.79 Å². The zero-order valence-corrected chi connectivity index (χ0v) is 7.11. The quantitative estimate of drug-likeness (QED) is 0.471. The maximum Gasteiger partial charge on any atom is 0.138 e. The zero-order chi connectivity index (χ0) is 7.56. The average Bonchev–Trinajstić information content (AvgIpc) is 2.34. The SMILES string of the molecule is O=C[C@H](Cl)[C@H]1CCC[C@@H]1Cl. The van der Waals surface area contributed by atoms with Gasteiger partial charge >= 0.3 is 0 Å². The summed E-state index contributed by atoms with van der Waals surface area (Å²) in [4.78, 5) is 10.2. The fourth-order valence-corrected chi connectivity index (χ4v) is 2.22. The molecule has 1 aliphatic carbocycles. The molecule has 10 heavy (non-hydrogen) atoms. The molecule has 0 spiro atoms. The first kappa shape index (κ1) is 8.35. The average molecular weight is 181 g/mol. The largest absolute Gasteiger partial charge is 0.302 e. The topological polar surface area (TPSA) is 17.1 Å². The first-order valence-electron chi connectivity index (χ1n) is 3.49. The molecule has 0 aromatic carbocycles. The molecule has 3 heteroatoms. The first-order valence-corrected chi connectivity index (χ1v) is 4.36. The Bertz CT molecular complexity index is 127. The Labute approximate surface area is 70.7 Å². The van der Waals surface area contributed by atoms with Crippen molar-refractivity contribution in [1.82, 2.24) is 0 Å². The molecule has 0 heterocycles. The van der Waals surface area contributed by atoms with Gasteiger partial charge in [0.2, 0.25) is 0 Å². The summed E-state index contributed by atoms with van der Waals surface area (Å²) in [5.41, 5.74) is 0. The summed E-state index contributed by atoms with van der Waals surface area (Å²) >= 11 is 11.6. The van der Waals surface area contributed by atoms with Crippen LogP contribution < -0.4 is 0 Å². The lowest BCUT2D eigenvalue weighted by Gasteiger charge is -2.13. The van der Waals surface area contributed by atoms with E-state index in [-0.39, 0.29) is 16.7 Å². The molecule has 3 atom stereocenters. The van der Waals surface area contributed by atoms with Gasteiger partial charge in [-0.05, 0) is 18.8 Å².